The third kappa shape index (κ3) is 2.99. The van der Waals surface area contributed by atoms with E-state index >= 15 is 0 Å². The zero-order valence-corrected chi connectivity index (χ0v) is 12.9. The first-order chi connectivity index (χ1) is 10.2. The fourth-order valence-corrected chi connectivity index (χ4v) is 3.55. The van der Waals surface area contributed by atoms with Gasteiger partial charge in [-0.1, -0.05) is 0 Å². The van der Waals surface area contributed by atoms with Gasteiger partial charge in [0, 0.05) is 19.1 Å². The summed E-state index contributed by atoms with van der Waals surface area (Å²) in [7, 11) is 1.37. The molecule has 3 rings (SSSR count). The number of hydrogen-bond donors (Lipinski definition) is 0. The molecule has 1 aromatic heterocycles. The number of fused-ring (bicyclic) bond motifs is 1. The van der Waals surface area contributed by atoms with Crippen LogP contribution < -0.4 is 0 Å². The SMILES string of the molecule is COC(=O)c1ccc(C(C)N2CCCN3CCCC3C2)o1. The summed E-state index contributed by atoms with van der Waals surface area (Å²) in [6, 6.07) is 4.49. The van der Waals surface area contributed by atoms with Crippen LogP contribution in [0.1, 0.15) is 48.5 Å². The molecule has 0 aliphatic carbocycles. The molecule has 3 heterocycles. The lowest BCUT2D eigenvalue weighted by Crippen LogP contribution is -2.37. The molecule has 116 valence electrons. The van der Waals surface area contributed by atoms with E-state index in [9.17, 15) is 4.79 Å². The second-order valence-electron chi connectivity index (χ2n) is 6.05. The summed E-state index contributed by atoms with van der Waals surface area (Å²) in [6.45, 7) is 6.79. The van der Waals surface area contributed by atoms with Crippen LogP contribution in [-0.4, -0.2) is 55.1 Å². The third-order valence-electron chi connectivity index (χ3n) is 4.81. The van der Waals surface area contributed by atoms with Crippen LogP contribution in [0, 0.1) is 0 Å². The lowest BCUT2D eigenvalue weighted by Gasteiger charge is -2.29. The summed E-state index contributed by atoms with van der Waals surface area (Å²) < 4.78 is 10.4. The van der Waals surface area contributed by atoms with Gasteiger partial charge >= 0.3 is 5.97 Å². The smallest absolute Gasteiger partial charge is 0.373 e. The Hall–Kier alpha value is -1.33. The van der Waals surface area contributed by atoms with Crippen LogP contribution in [0.25, 0.3) is 0 Å². The van der Waals surface area contributed by atoms with Crippen molar-refractivity contribution in [1.29, 1.82) is 0 Å². The molecule has 2 atom stereocenters. The maximum absolute atomic E-state index is 11.5. The molecular formula is C16H24N2O3. The van der Waals surface area contributed by atoms with E-state index in [0.29, 0.717) is 6.04 Å². The van der Waals surface area contributed by atoms with E-state index < -0.39 is 5.97 Å². The second-order valence-corrected chi connectivity index (χ2v) is 6.05. The molecule has 5 nitrogen and oxygen atoms in total. The van der Waals surface area contributed by atoms with E-state index in [1.807, 2.05) is 6.07 Å². The Morgan fingerprint density at radius 3 is 2.95 bits per heavy atom. The molecule has 1 aromatic rings. The molecule has 0 radical (unpaired) electrons. The highest BCUT2D eigenvalue weighted by molar-refractivity contribution is 5.86. The summed E-state index contributed by atoms with van der Waals surface area (Å²) in [5.74, 6) is 0.727. The van der Waals surface area contributed by atoms with Crippen molar-refractivity contribution in [3.63, 3.8) is 0 Å². The minimum absolute atomic E-state index is 0.198. The maximum Gasteiger partial charge on any atom is 0.373 e. The molecular weight excluding hydrogens is 268 g/mol. The monoisotopic (exact) mass is 292 g/mol. The zero-order valence-electron chi connectivity index (χ0n) is 12.9. The highest BCUT2D eigenvalue weighted by atomic mass is 16.5. The van der Waals surface area contributed by atoms with Gasteiger partial charge in [-0.25, -0.2) is 4.79 Å². The van der Waals surface area contributed by atoms with E-state index in [-0.39, 0.29) is 11.8 Å². The van der Waals surface area contributed by atoms with Crippen LogP contribution in [0.3, 0.4) is 0 Å². The number of rotatable bonds is 3. The summed E-state index contributed by atoms with van der Waals surface area (Å²) >= 11 is 0. The van der Waals surface area contributed by atoms with Crippen molar-refractivity contribution in [2.75, 3.05) is 33.3 Å². The second kappa shape index (κ2) is 6.20. The van der Waals surface area contributed by atoms with Crippen LogP contribution in [0.4, 0.5) is 0 Å². The molecule has 0 N–H and O–H groups in total. The standard InChI is InChI=1S/C16H24N2O3/c1-12(14-6-7-15(21-14)16(19)20-2)18-10-4-9-17-8-3-5-13(17)11-18/h6-7,12-13H,3-5,8-11H2,1-2H3. The van der Waals surface area contributed by atoms with Crippen molar-refractivity contribution < 1.29 is 13.9 Å². The summed E-state index contributed by atoms with van der Waals surface area (Å²) in [5.41, 5.74) is 0. The van der Waals surface area contributed by atoms with Crippen molar-refractivity contribution in [2.45, 2.75) is 38.3 Å². The van der Waals surface area contributed by atoms with Crippen LogP contribution in [0.2, 0.25) is 0 Å². The number of carbonyl (C=O) groups excluding carboxylic acids is 1. The van der Waals surface area contributed by atoms with E-state index in [1.54, 1.807) is 6.07 Å². The Bertz CT molecular complexity index is 499. The van der Waals surface area contributed by atoms with Gasteiger partial charge in [0.05, 0.1) is 13.2 Å². The van der Waals surface area contributed by atoms with Gasteiger partial charge in [0.15, 0.2) is 0 Å². The molecule has 2 aliphatic heterocycles. The van der Waals surface area contributed by atoms with Gasteiger partial charge < -0.3 is 9.15 Å². The first-order valence-corrected chi connectivity index (χ1v) is 7.85. The Morgan fingerprint density at radius 1 is 1.33 bits per heavy atom. The molecule has 0 saturated carbocycles. The van der Waals surface area contributed by atoms with Crippen LogP contribution >= 0.6 is 0 Å². The first-order valence-electron chi connectivity index (χ1n) is 7.85. The number of furan rings is 1. The molecule has 21 heavy (non-hydrogen) atoms. The largest absolute Gasteiger partial charge is 0.463 e. The third-order valence-corrected chi connectivity index (χ3v) is 4.81. The first kappa shape index (κ1) is 14.6. The minimum Gasteiger partial charge on any atom is -0.463 e. The highest BCUT2D eigenvalue weighted by Crippen LogP contribution is 2.28. The van der Waals surface area contributed by atoms with E-state index in [1.165, 1.54) is 39.5 Å². The number of ether oxygens (including phenoxy) is 1. The van der Waals surface area contributed by atoms with Crippen molar-refractivity contribution in [2.24, 2.45) is 0 Å². The van der Waals surface area contributed by atoms with Gasteiger partial charge in [-0.15, -0.1) is 0 Å². The fraction of sp³-hybridized carbons (Fsp3) is 0.688. The van der Waals surface area contributed by atoms with Gasteiger partial charge in [0.1, 0.15) is 5.76 Å². The van der Waals surface area contributed by atoms with Gasteiger partial charge in [0.25, 0.3) is 0 Å². The normalized spacial score (nSPS) is 25.3. The van der Waals surface area contributed by atoms with Crippen LogP contribution in [0.5, 0.6) is 0 Å². The predicted molar refractivity (Wildman–Crippen MR) is 79.2 cm³/mol. The quantitative estimate of drug-likeness (QED) is 0.800. The van der Waals surface area contributed by atoms with Gasteiger partial charge in [0.2, 0.25) is 5.76 Å². The average Bonchev–Trinajstić information content (AvgIpc) is 3.11. The average molecular weight is 292 g/mol. The van der Waals surface area contributed by atoms with Crippen molar-refractivity contribution in [3.05, 3.63) is 23.7 Å². The predicted octanol–water partition coefficient (Wildman–Crippen LogP) is 2.30. The number of esters is 1. The summed E-state index contributed by atoms with van der Waals surface area (Å²) in [5, 5.41) is 0. The molecule has 5 heteroatoms. The van der Waals surface area contributed by atoms with E-state index in [2.05, 4.69) is 16.7 Å². The van der Waals surface area contributed by atoms with Crippen molar-refractivity contribution in [3.8, 4) is 0 Å². The number of methoxy groups -OCH3 is 1. The molecule has 2 aliphatic rings. The minimum atomic E-state index is -0.411. The van der Waals surface area contributed by atoms with Gasteiger partial charge in [-0.2, -0.15) is 0 Å². The number of nitrogens with zero attached hydrogens (tertiary/aromatic N) is 2. The zero-order chi connectivity index (χ0) is 14.8. The lowest BCUT2D eigenvalue weighted by molar-refractivity contribution is 0.0558. The molecule has 2 fully saturated rings. The molecule has 0 bridgehead atoms. The van der Waals surface area contributed by atoms with E-state index in [4.69, 9.17) is 9.15 Å². The molecule has 2 unspecified atom stereocenters. The molecule has 0 spiro atoms. The van der Waals surface area contributed by atoms with Crippen molar-refractivity contribution >= 4 is 5.97 Å². The topological polar surface area (TPSA) is 45.9 Å². The summed E-state index contributed by atoms with van der Waals surface area (Å²) in [6.07, 6.45) is 3.82. The van der Waals surface area contributed by atoms with Crippen LogP contribution in [-0.2, 0) is 4.74 Å². The molecule has 0 amide bonds. The number of hydrogen-bond acceptors (Lipinski definition) is 5. The number of carbonyl (C=O) groups is 1. The van der Waals surface area contributed by atoms with Gasteiger partial charge in [-0.05, 0) is 51.4 Å². The Kier molecular flexibility index (Phi) is 4.31. The Balaban J connectivity index is 1.70. The van der Waals surface area contributed by atoms with Gasteiger partial charge in [-0.3, -0.25) is 9.80 Å². The Labute approximate surface area is 125 Å². The fourth-order valence-electron chi connectivity index (χ4n) is 3.55. The van der Waals surface area contributed by atoms with Crippen molar-refractivity contribution in [1.82, 2.24) is 9.80 Å². The molecule has 2 saturated heterocycles. The van der Waals surface area contributed by atoms with E-state index in [0.717, 1.165) is 18.8 Å². The lowest BCUT2D eigenvalue weighted by atomic mass is 10.1. The van der Waals surface area contributed by atoms with Crippen LogP contribution in [0.15, 0.2) is 16.5 Å². The molecule has 0 aromatic carbocycles. The highest BCUT2D eigenvalue weighted by Gasteiger charge is 2.31. The summed E-state index contributed by atoms with van der Waals surface area (Å²) in [4.78, 5) is 16.6. The Morgan fingerprint density at radius 2 is 2.14 bits per heavy atom. The maximum atomic E-state index is 11.5.